The highest BCUT2D eigenvalue weighted by Crippen LogP contribution is 2.24. The van der Waals surface area contributed by atoms with Crippen LogP contribution in [0.25, 0.3) is 10.9 Å². The molecule has 0 saturated heterocycles. The third kappa shape index (κ3) is 4.68. The molecule has 3 rings (SSSR count). The highest BCUT2D eigenvalue weighted by atomic mass is 79.9. The fourth-order valence-corrected chi connectivity index (χ4v) is 3.20. The van der Waals surface area contributed by atoms with E-state index in [0.29, 0.717) is 34.5 Å². The number of hydrogen-bond acceptors (Lipinski definition) is 6. The Kier molecular flexibility index (Phi) is 6.51. The number of carboxylic acid groups (broad SMARTS) is 1. The average Bonchev–Trinajstić information content (AvgIpc) is 2.72. The normalized spacial score (nSPS) is 11.2. The van der Waals surface area contributed by atoms with Crippen molar-refractivity contribution in [3.63, 3.8) is 0 Å². The van der Waals surface area contributed by atoms with Crippen LogP contribution < -0.4 is 15.2 Å². The molecular formula is C21H21BrN4O4. The average molecular weight is 473 g/mol. The first-order valence-electron chi connectivity index (χ1n) is 9.21. The molecule has 1 N–H and O–H groups in total. The Morgan fingerprint density at radius 1 is 1.30 bits per heavy atom. The van der Waals surface area contributed by atoms with Gasteiger partial charge in [0.05, 0.1) is 17.1 Å². The summed E-state index contributed by atoms with van der Waals surface area (Å²) < 4.78 is 7.46. The number of aryl methyl sites for hydroxylation is 1. The molecule has 0 bridgehead atoms. The summed E-state index contributed by atoms with van der Waals surface area (Å²) in [5.74, 6) is -0.208. The zero-order valence-electron chi connectivity index (χ0n) is 16.8. The first-order chi connectivity index (χ1) is 14.3. The number of benzene rings is 2. The van der Waals surface area contributed by atoms with Gasteiger partial charge in [-0.25, -0.2) is 9.78 Å². The molecular weight excluding hydrogens is 452 g/mol. The minimum absolute atomic E-state index is 0.285. The van der Waals surface area contributed by atoms with E-state index in [1.807, 2.05) is 38.1 Å². The summed E-state index contributed by atoms with van der Waals surface area (Å²) in [6.07, 6.45) is 1.99. The number of ether oxygens (including phenoxy) is 1. The highest BCUT2D eigenvalue weighted by molar-refractivity contribution is 9.10. The molecule has 2 aromatic carbocycles. The van der Waals surface area contributed by atoms with Crippen LogP contribution in [0.1, 0.15) is 18.3 Å². The van der Waals surface area contributed by atoms with E-state index in [0.717, 1.165) is 10.2 Å². The summed E-state index contributed by atoms with van der Waals surface area (Å²) >= 11 is 3.38. The number of aromatic nitrogens is 2. The maximum absolute atomic E-state index is 13.0. The Morgan fingerprint density at radius 2 is 2.07 bits per heavy atom. The van der Waals surface area contributed by atoms with Gasteiger partial charge in [-0.15, -0.1) is 0 Å². The molecule has 3 aromatic rings. The van der Waals surface area contributed by atoms with Gasteiger partial charge in [0.25, 0.3) is 5.56 Å². The molecule has 8 nitrogen and oxygen atoms in total. The summed E-state index contributed by atoms with van der Waals surface area (Å²) in [6, 6.07) is 10.7. The Labute approximate surface area is 181 Å². The Balaban J connectivity index is 2.08. The molecule has 0 unspecified atom stereocenters. The maximum Gasteiger partial charge on any atom is 0.341 e. The number of anilines is 1. The van der Waals surface area contributed by atoms with Crippen LogP contribution in [0.5, 0.6) is 5.75 Å². The van der Waals surface area contributed by atoms with Crippen molar-refractivity contribution in [3.8, 4) is 5.75 Å². The van der Waals surface area contributed by atoms with Gasteiger partial charge in [0.2, 0.25) is 0 Å². The zero-order valence-corrected chi connectivity index (χ0v) is 18.4. The van der Waals surface area contributed by atoms with E-state index in [1.165, 1.54) is 10.9 Å². The van der Waals surface area contributed by atoms with Gasteiger partial charge in [-0.1, -0.05) is 22.9 Å². The molecule has 0 spiro atoms. The van der Waals surface area contributed by atoms with Gasteiger partial charge in [0, 0.05) is 42.3 Å². The number of carboxylic acids is 1. The van der Waals surface area contributed by atoms with Crippen LogP contribution >= 0.6 is 15.9 Å². The molecule has 0 amide bonds. The minimum Gasteiger partial charge on any atom is -0.481 e. The summed E-state index contributed by atoms with van der Waals surface area (Å²) in [7, 11) is 3.74. The van der Waals surface area contributed by atoms with E-state index in [1.54, 1.807) is 24.3 Å². The van der Waals surface area contributed by atoms with Crippen molar-refractivity contribution < 1.29 is 14.6 Å². The van der Waals surface area contributed by atoms with Gasteiger partial charge < -0.3 is 14.7 Å². The molecule has 156 valence electrons. The summed E-state index contributed by atoms with van der Waals surface area (Å²) in [5.41, 5.74) is 1.71. The first-order valence-corrected chi connectivity index (χ1v) is 10.0. The second-order valence-electron chi connectivity index (χ2n) is 6.70. The van der Waals surface area contributed by atoms with E-state index >= 15 is 0 Å². The second kappa shape index (κ2) is 9.08. The molecule has 9 heteroatoms. The van der Waals surface area contributed by atoms with E-state index in [9.17, 15) is 9.59 Å². The Bertz CT molecular complexity index is 1190. The van der Waals surface area contributed by atoms with Gasteiger partial charge >= 0.3 is 5.97 Å². The van der Waals surface area contributed by atoms with Crippen LogP contribution in [0.4, 0.5) is 5.69 Å². The van der Waals surface area contributed by atoms with Crippen molar-refractivity contribution in [2.24, 2.45) is 5.10 Å². The van der Waals surface area contributed by atoms with Gasteiger partial charge in [-0.3, -0.25) is 4.79 Å². The lowest BCUT2D eigenvalue weighted by Crippen LogP contribution is -2.22. The Hall–Kier alpha value is -3.20. The monoisotopic (exact) mass is 472 g/mol. The van der Waals surface area contributed by atoms with E-state index in [4.69, 9.17) is 9.84 Å². The molecule has 0 aliphatic carbocycles. The highest BCUT2D eigenvalue weighted by Gasteiger charge is 2.11. The van der Waals surface area contributed by atoms with E-state index in [-0.39, 0.29) is 5.56 Å². The smallest absolute Gasteiger partial charge is 0.341 e. The molecule has 0 aliphatic heterocycles. The fraction of sp³-hybridized carbons (Fsp3) is 0.238. The zero-order chi connectivity index (χ0) is 21.8. The van der Waals surface area contributed by atoms with Crippen LogP contribution in [-0.4, -0.2) is 47.7 Å². The Morgan fingerprint density at radius 3 is 2.73 bits per heavy atom. The lowest BCUT2D eigenvalue weighted by Gasteiger charge is -2.15. The van der Waals surface area contributed by atoms with Gasteiger partial charge in [0.1, 0.15) is 11.6 Å². The predicted molar refractivity (Wildman–Crippen MR) is 120 cm³/mol. The van der Waals surface area contributed by atoms with Gasteiger partial charge in [-0.05, 0) is 30.3 Å². The van der Waals surface area contributed by atoms with Crippen molar-refractivity contribution in [1.82, 2.24) is 9.66 Å². The largest absolute Gasteiger partial charge is 0.481 e. The number of rotatable bonds is 7. The third-order valence-corrected chi connectivity index (χ3v) is 4.86. The quantitative estimate of drug-likeness (QED) is 0.530. The molecule has 0 aliphatic rings. The lowest BCUT2D eigenvalue weighted by atomic mass is 10.2. The van der Waals surface area contributed by atoms with Crippen molar-refractivity contribution in [2.75, 3.05) is 25.6 Å². The SMILES string of the molecule is CCc1nc2ccc(Br)cc2c(=O)n1N=Cc1ccc(N(C)C)cc1OCC(=O)O. The molecule has 0 radical (unpaired) electrons. The number of nitrogens with zero attached hydrogens (tertiary/aromatic N) is 4. The predicted octanol–water partition coefficient (Wildman–Crippen LogP) is 3.13. The molecule has 0 fully saturated rings. The number of aliphatic carboxylic acids is 1. The number of hydrogen-bond donors (Lipinski definition) is 1. The lowest BCUT2D eigenvalue weighted by molar-refractivity contribution is -0.139. The van der Waals surface area contributed by atoms with Crippen LogP contribution in [0.15, 0.2) is 50.8 Å². The fourth-order valence-electron chi connectivity index (χ4n) is 2.83. The number of carbonyl (C=O) groups is 1. The van der Waals surface area contributed by atoms with Crippen molar-refractivity contribution in [1.29, 1.82) is 0 Å². The van der Waals surface area contributed by atoms with Gasteiger partial charge in [-0.2, -0.15) is 9.78 Å². The molecule has 0 saturated carbocycles. The minimum atomic E-state index is -1.08. The van der Waals surface area contributed by atoms with Crippen LogP contribution in [-0.2, 0) is 11.2 Å². The standard InChI is InChI=1S/C21H21BrN4O4/c1-4-19-24-17-8-6-14(22)9-16(17)21(29)26(19)23-11-13-5-7-15(25(2)3)10-18(13)30-12-20(27)28/h5-11H,4,12H2,1-3H3,(H,27,28). The molecule has 1 heterocycles. The van der Waals surface area contributed by atoms with Crippen molar-refractivity contribution in [3.05, 3.63) is 62.6 Å². The number of fused-ring (bicyclic) bond motifs is 1. The second-order valence-corrected chi connectivity index (χ2v) is 7.62. The van der Waals surface area contributed by atoms with Crippen molar-refractivity contribution in [2.45, 2.75) is 13.3 Å². The molecule has 0 atom stereocenters. The first kappa shape index (κ1) is 21.5. The van der Waals surface area contributed by atoms with Crippen LogP contribution in [0, 0.1) is 0 Å². The van der Waals surface area contributed by atoms with Gasteiger partial charge in [0.15, 0.2) is 6.61 Å². The maximum atomic E-state index is 13.0. The number of halogens is 1. The third-order valence-electron chi connectivity index (χ3n) is 4.37. The summed E-state index contributed by atoms with van der Waals surface area (Å²) in [6.45, 7) is 1.41. The molecule has 1 aromatic heterocycles. The van der Waals surface area contributed by atoms with E-state index < -0.39 is 12.6 Å². The van der Waals surface area contributed by atoms with Crippen molar-refractivity contribution >= 4 is 44.7 Å². The molecule has 30 heavy (non-hydrogen) atoms. The van der Waals surface area contributed by atoms with Crippen LogP contribution in [0.3, 0.4) is 0 Å². The summed E-state index contributed by atoms with van der Waals surface area (Å²) in [5, 5.41) is 13.8. The summed E-state index contributed by atoms with van der Waals surface area (Å²) in [4.78, 5) is 30.3. The van der Waals surface area contributed by atoms with E-state index in [2.05, 4.69) is 26.0 Å². The van der Waals surface area contributed by atoms with Crippen LogP contribution in [0.2, 0.25) is 0 Å². The topological polar surface area (TPSA) is 97.0 Å².